The van der Waals surface area contributed by atoms with Gasteiger partial charge in [0.05, 0.1) is 29.6 Å². The molecule has 0 spiro atoms. The molecule has 3 aromatic rings. The van der Waals surface area contributed by atoms with Crippen LogP contribution in [0.25, 0.3) is 0 Å². The maximum Gasteiger partial charge on any atom is 0.338 e. The number of nitrogens with zero attached hydrogens (tertiary/aromatic N) is 1. The second kappa shape index (κ2) is 8.43. The van der Waals surface area contributed by atoms with Crippen LogP contribution in [0.2, 0.25) is 0 Å². The van der Waals surface area contributed by atoms with Crippen molar-refractivity contribution in [2.45, 2.75) is 20.5 Å². The topological polar surface area (TPSA) is 104 Å². The molecule has 0 atom stereocenters. The van der Waals surface area contributed by atoms with E-state index in [-0.39, 0.29) is 24.6 Å². The van der Waals surface area contributed by atoms with E-state index in [1.54, 1.807) is 30.5 Å². The molecule has 28 heavy (non-hydrogen) atoms. The SMILES string of the molecule is COc1cc(C(=O)OCC(=O)c2ccc[nH]2)ccc1OCc1c(C)noc1C. The predicted octanol–water partition coefficient (Wildman–Crippen LogP) is 3.25. The third kappa shape index (κ3) is 4.22. The second-order valence-electron chi connectivity index (χ2n) is 6.04. The van der Waals surface area contributed by atoms with E-state index in [0.29, 0.717) is 23.0 Å². The number of esters is 1. The molecule has 1 N–H and O–H groups in total. The van der Waals surface area contributed by atoms with Gasteiger partial charge in [-0.2, -0.15) is 0 Å². The fraction of sp³-hybridized carbons (Fsp3) is 0.250. The lowest BCUT2D eigenvalue weighted by molar-refractivity contribution is 0.0473. The number of rotatable bonds is 8. The van der Waals surface area contributed by atoms with Gasteiger partial charge < -0.3 is 23.7 Å². The van der Waals surface area contributed by atoms with E-state index in [4.69, 9.17) is 18.7 Å². The Kier molecular flexibility index (Phi) is 5.78. The average Bonchev–Trinajstić information content (AvgIpc) is 3.35. The minimum absolute atomic E-state index is 0.251. The first-order valence-corrected chi connectivity index (χ1v) is 8.56. The van der Waals surface area contributed by atoms with Crippen molar-refractivity contribution in [1.82, 2.24) is 10.1 Å². The molecule has 3 rings (SSSR count). The van der Waals surface area contributed by atoms with E-state index in [2.05, 4.69) is 10.1 Å². The number of Topliss-reactive ketones (excluding diaryl/α,β-unsaturated/α-hetero) is 1. The van der Waals surface area contributed by atoms with Crippen LogP contribution in [0.5, 0.6) is 11.5 Å². The zero-order valence-electron chi connectivity index (χ0n) is 15.8. The summed E-state index contributed by atoms with van der Waals surface area (Å²) in [5.41, 5.74) is 2.24. The molecule has 0 saturated heterocycles. The summed E-state index contributed by atoms with van der Waals surface area (Å²) < 4.78 is 21.3. The van der Waals surface area contributed by atoms with Crippen molar-refractivity contribution in [3.8, 4) is 11.5 Å². The van der Waals surface area contributed by atoms with Gasteiger partial charge in [0.1, 0.15) is 12.4 Å². The number of ketones is 1. The van der Waals surface area contributed by atoms with Crippen molar-refractivity contribution >= 4 is 11.8 Å². The highest BCUT2D eigenvalue weighted by Gasteiger charge is 2.16. The summed E-state index contributed by atoms with van der Waals surface area (Å²) >= 11 is 0. The molecule has 2 heterocycles. The fourth-order valence-corrected chi connectivity index (χ4v) is 2.57. The third-order valence-electron chi connectivity index (χ3n) is 4.19. The quantitative estimate of drug-likeness (QED) is 0.470. The van der Waals surface area contributed by atoms with Gasteiger partial charge in [0.15, 0.2) is 18.1 Å². The van der Waals surface area contributed by atoms with Crippen LogP contribution in [-0.4, -0.2) is 35.6 Å². The Morgan fingerprint density at radius 3 is 2.64 bits per heavy atom. The summed E-state index contributed by atoms with van der Waals surface area (Å²) in [6.07, 6.45) is 1.63. The van der Waals surface area contributed by atoms with Gasteiger partial charge in [-0.3, -0.25) is 4.79 Å². The lowest BCUT2D eigenvalue weighted by Gasteiger charge is -2.12. The first-order valence-electron chi connectivity index (χ1n) is 8.56. The van der Waals surface area contributed by atoms with Crippen LogP contribution in [0, 0.1) is 13.8 Å². The molecule has 0 saturated carbocycles. The Hall–Kier alpha value is -3.55. The van der Waals surface area contributed by atoms with Crippen molar-refractivity contribution in [2.75, 3.05) is 13.7 Å². The first-order chi connectivity index (χ1) is 13.5. The van der Waals surface area contributed by atoms with Crippen molar-refractivity contribution in [3.63, 3.8) is 0 Å². The number of nitrogens with one attached hydrogen (secondary N) is 1. The van der Waals surface area contributed by atoms with Crippen LogP contribution in [-0.2, 0) is 11.3 Å². The number of hydrogen-bond donors (Lipinski definition) is 1. The number of ether oxygens (including phenoxy) is 3. The summed E-state index contributed by atoms with van der Waals surface area (Å²) in [6.45, 7) is 3.54. The third-order valence-corrected chi connectivity index (χ3v) is 4.19. The van der Waals surface area contributed by atoms with E-state index in [9.17, 15) is 9.59 Å². The highest BCUT2D eigenvalue weighted by Crippen LogP contribution is 2.29. The van der Waals surface area contributed by atoms with Crippen molar-refractivity contribution < 1.29 is 28.3 Å². The standard InChI is InChI=1S/C20H20N2O6/c1-12-15(13(2)28-22-12)10-26-18-7-6-14(9-19(18)25-3)20(24)27-11-17(23)16-5-4-8-21-16/h4-9,21H,10-11H2,1-3H3. The van der Waals surface area contributed by atoms with Crippen LogP contribution < -0.4 is 9.47 Å². The number of hydrogen-bond acceptors (Lipinski definition) is 7. The van der Waals surface area contributed by atoms with Gasteiger partial charge in [-0.05, 0) is 44.2 Å². The molecule has 8 nitrogen and oxygen atoms in total. The minimum atomic E-state index is -0.629. The fourth-order valence-electron chi connectivity index (χ4n) is 2.57. The molecule has 0 unspecified atom stereocenters. The summed E-state index contributed by atoms with van der Waals surface area (Å²) in [5.74, 6) is 0.571. The van der Waals surface area contributed by atoms with Gasteiger partial charge >= 0.3 is 5.97 Å². The highest BCUT2D eigenvalue weighted by molar-refractivity contribution is 5.98. The minimum Gasteiger partial charge on any atom is -0.493 e. The van der Waals surface area contributed by atoms with Gasteiger partial charge in [0.2, 0.25) is 5.78 Å². The van der Waals surface area contributed by atoms with Gasteiger partial charge in [0.25, 0.3) is 0 Å². The molecule has 2 aromatic heterocycles. The summed E-state index contributed by atoms with van der Waals surface area (Å²) in [4.78, 5) is 26.9. The molecule has 0 amide bonds. The predicted molar refractivity (Wildman–Crippen MR) is 98.7 cm³/mol. The Morgan fingerprint density at radius 2 is 2.00 bits per heavy atom. The molecular formula is C20H20N2O6. The van der Waals surface area contributed by atoms with Crippen LogP contribution in [0.1, 0.15) is 37.9 Å². The Bertz CT molecular complexity index is 955. The van der Waals surface area contributed by atoms with E-state index >= 15 is 0 Å². The molecule has 0 aliphatic heterocycles. The number of benzene rings is 1. The second-order valence-corrected chi connectivity index (χ2v) is 6.04. The van der Waals surface area contributed by atoms with Crippen LogP contribution in [0.3, 0.4) is 0 Å². The van der Waals surface area contributed by atoms with Crippen LogP contribution in [0.4, 0.5) is 0 Å². The smallest absolute Gasteiger partial charge is 0.338 e. The monoisotopic (exact) mass is 384 g/mol. The van der Waals surface area contributed by atoms with E-state index < -0.39 is 5.97 Å². The lowest BCUT2D eigenvalue weighted by atomic mass is 10.2. The van der Waals surface area contributed by atoms with Gasteiger partial charge in [-0.1, -0.05) is 5.16 Å². The first kappa shape index (κ1) is 19.2. The summed E-state index contributed by atoms with van der Waals surface area (Å²) in [7, 11) is 1.47. The average molecular weight is 384 g/mol. The molecular weight excluding hydrogens is 364 g/mol. The number of H-pyrrole nitrogens is 1. The summed E-state index contributed by atoms with van der Waals surface area (Å²) in [6, 6.07) is 7.97. The van der Waals surface area contributed by atoms with Crippen molar-refractivity contribution in [2.24, 2.45) is 0 Å². The zero-order chi connectivity index (χ0) is 20.1. The number of carbonyl (C=O) groups excluding carboxylic acids is 2. The molecule has 146 valence electrons. The van der Waals surface area contributed by atoms with E-state index in [1.807, 2.05) is 13.8 Å². The van der Waals surface area contributed by atoms with Gasteiger partial charge in [-0.25, -0.2) is 4.79 Å². The molecule has 0 fully saturated rings. The van der Waals surface area contributed by atoms with Crippen LogP contribution in [0.15, 0.2) is 41.1 Å². The van der Waals surface area contributed by atoms with Crippen molar-refractivity contribution in [3.05, 3.63) is 64.8 Å². The molecule has 0 aliphatic carbocycles. The lowest BCUT2D eigenvalue weighted by Crippen LogP contribution is -2.14. The van der Waals surface area contributed by atoms with E-state index in [1.165, 1.54) is 13.2 Å². The molecule has 0 bridgehead atoms. The highest BCUT2D eigenvalue weighted by atomic mass is 16.5. The largest absolute Gasteiger partial charge is 0.493 e. The van der Waals surface area contributed by atoms with Crippen molar-refractivity contribution in [1.29, 1.82) is 0 Å². The van der Waals surface area contributed by atoms with E-state index in [0.717, 1.165) is 11.3 Å². The summed E-state index contributed by atoms with van der Waals surface area (Å²) in [5, 5.41) is 3.88. The molecule has 0 aliphatic rings. The Morgan fingerprint density at radius 1 is 1.18 bits per heavy atom. The van der Waals surface area contributed by atoms with Crippen LogP contribution >= 0.6 is 0 Å². The molecule has 0 radical (unpaired) electrons. The number of aromatic nitrogens is 2. The van der Waals surface area contributed by atoms with Gasteiger partial charge in [0, 0.05) is 6.20 Å². The molecule has 1 aromatic carbocycles. The Balaban J connectivity index is 1.65. The Labute approximate surface area is 161 Å². The number of carbonyl (C=O) groups is 2. The maximum absolute atomic E-state index is 12.2. The normalized spacial score (nSPS) is 10.5. The number of aromatic amines is 1. The number of methoxy groups -OCH3 is 1. The van der Waals surface area contributed by atoms with Gasteiger partial charge in [-0.15, -0.1) is 0 Å². The number of aryl methyl sites for hydroxylation is 2. The molecule has 8 heteroatoms. The zero-order valence-corrected chi connectivity index (χ0v) is 15.8. The maximum atomic E-state index is 12.2.